The fourth-order valence-electron chi connectivity index (χ4n) is 1.40. The lowest BCUT2D eigenvalue weighted by Gasteiger charge is -2.04. The van der Waals surface area contributed by atoms with Crippen molar-refractivity contribution in [2.24, 2.45) is 0 Å². The van der Waals surface area contributed by atoms with Gasteiger partial charge in [0.25, 0.3) is 0 Å². The normalized spacial score (nSPS) is 10.4. The molecule has 0 aliphatic carbocycles. The molecular weight excluding hydrogens is 244 g/mol. The molecule has 0 saturated carbocycles. The first-order chi connectivity index (χ1) is 9.15. The van der Waals surface area contributed by atoms with Crippen molar-refractivity contribution < 1.29 is 14.3 Å². The molecule has 2 N–H and O–H groups in total. The van der Waals surface area contributed by atoms with E-state index in [0.29, 0.717) is 12.3 Å². The predicted molar refractivity (Wildman–Crippen MR) is 74.7 cm³/mol. The van der Waals surface area contributed by atoms with Gasteiger partial charge in [-0.15, -0.1) is 0 Å². The van der Waals surface area contributed by atoms with Gasteiger partial charge in [-0.25, -0.2) is 4.79 Å². The Hall–Kier alpha value is -2.14. The van der Waals surface area contributed by atoms with E-state index in [0.717, 1.165) is 5.56 Å². The van der Waals surface area contributed by atoms with Crippen LogP contribution in [0.15, 0.2) is 30.3 Å². The number of hydrogen-bond donors (Lipinski definition) is 2. The molecule has 0 heterocycles. The SMILES string of the molecule is CCOC(=O)C=Cc1ccc(NC(=O)CNC)cc1. The lowest BCUT2D eigenvalue weighted by Crippen LogP contribution is -2.24. The van der Waals surface area contributed by atoms with Gasteiger partial charge in [0.1, 0.15) is 0 Å². The Kier molecular flexibility index (Phi) is 6.32. The Morgan fingerprint density at radius 2 is 1.95 bits per heavy atom. The third-order valence-electron chi connectivity index (χ3n) is 2.23. The van der Waals surface area contributed by atoms with Crippen molar-refractivity contribution in [2.75, 3.05) is 25.5 Å². The minimum Gasteiger partial charge on any atom is -0.463 e. The van der Waals surface area contributed by atoms with Crippen molar-refractivity contribution >= 4 is 23.6 Å². The second kappa shape index (κ2) is 8.05. The summed E-state index contributed by atoms with van der Waals surface area (Å²) in [5, 5.41) is 5.51. The van der Waals surface area contributed by atoms with Crippen LogP contribution in [0, 0.1) is 0 Å². The van der Waals surface area contributed by atoms with Crippen molar-refractivity contribution in [2.45, 2.75) is 6.92 Å². The largest absolute Gasteiger partial charge is 0.463 e. The van der Waals surface area contributed by atoms with E-state index in [1.165, 1.54) is 6.08 Å². The average molecular weight is 262 g/mol. The minimum absolute atomic E-state index is 0.0997. The molecule has 0 bridgehead atoms. The maximum atomic E-state index is 11.3. The van der Waals surface area contributed by atoms with Crippen molar-refractivity contribution in [3.8, 4) is 0 Å². The van der Waals surface area contributed by atoms with E-state index >= 15 is 0 Å². The van der Waals surface area contributed by atoms with Gasteiger partial charge in [-0.2, -0.15) is 0 Å². The Morgan fingerprint density at radius 3 is 2.53 bits per heavy atom. The van der Waals surface area contributed by atoms with E-state index in [4.69, 9.17) is 4.74 Å². The molecule has 1 aromatic rings. The highest BCUT2D eigenvalue weighted by Gasteiger charge is 2.00. The van der Waals surface area contributed by atoms with Crippen LogP contribution in [-0.4, -0.2) is 32.1 Å². The zero-order valence-electron chi connectivity index (χ0n) is 11.1. The zero-order chi connectivity index (χ0) is 14.1. The topological polar surface area (TPSA) is 67.4 Å². The fourth-order valence-corrected chi connectivity index (χ4v) is 1.40. The lowest BCUT2D eigenvalue weighted by atomic mass is 10.2. The summed E-state index contributed by atoms with van der Waals surface area (Å²) < 4.78 is 4.78. The molecule has 0 spiro atoms. The smallest absolute Gasteiger partial charge is 0.330 e. The first kappa shape index (κ1) is 14.9. The van der Waals surface area contributed by atoms with Gasteiger partial charge in [-0.05, 0) is 37.7 Å². The Morgan fingerprint density at radius 1 is 1.26 bits per heavy atom. The molecule has 0 unspecified atom stereocenters. The summed E-state index contributed by atoms with van der Waals surface area (Å²) in [5.41, 5.74) is 1.58. The molecule has 1 amide bonds. The highest BCUT2D eigenvalue weighted by atomic mass is 16.5. The molecule has 1 aromatic carbocycles. The number of carbonyl (C=O) groups excluding carboxylic acids is 2. The maximum Gasteiger partial charge on any atom is 0.330 e. The molecule has 0 atom stereocenters. The highest BCUT2D eigenvalue weighted by Crippen LogP contribution is 2.10. The molecule has 5 nitrogen and oxygen atoms in total. The molecule has 0 fully saturated rings. The number of esters is 1. The molecule has 102 valence electrons. The molecule has 5 heteroatoms. The molecule has 0 saturated heterocycles. The fraction of sp³-hybridized carbons (Fsp3) is 0.286. The van der Waals surface area contributed by atoms with Gasteiger partial charge in [0, 0.05) is 11.8 Å². The Bertz CT molecular complexity index is 452. The number of hydrogen-bond acceptors (Lipinski definition) is 4. The van der Waals surface area contributed by atoms with Crippen molar-refractivity contribution in [1.82, 2.24) is 5.32 Å². The van der Waals surface area contributed by atoms with Gasteiger partial charge >= 0.3 is 5.97 Å². The third kappa shape index (κ3) is 5.83. The molecule has 1 rings (SSSR count). The van der Waals surface area contributed by atoms with Crippen molar-refractivity contribution in [1.29, 1.82) is 0 Å². The van der Waals surface area contributed by atoms with E-state index in [1.54, 1.807) is 32.2 Å². The zero-order valence-corrected chi connectivity index (χ0v) is 11.1. The van der Waals surface area contributed by atoms with Crippen LogP contribution in [0.4, 0.5) is 5.69 Å². The van der Waals surface area contributed by atoms with Crippen molar-refractivity contribution in [3.05, 3.63) is 35.9 Å². The summed E-state index contributed by atoms with van der Waals surface area (Å²) in [6.45, 7) is 2.39. The molecule has 0 aromatic heterocycles. The first-order valence-electron chi connectivity index (χ1n) is 6.05. The summed E-state index contributed by atoms with van der Waals surface area (Å²) in [7, 11) is 1.71. The van der Waals surface area contributed by atoms with Crippen molar-refractivity contribution in [3.63, 3.8) is 0 Å². The summed E-state index contributed by atoms with van der Waals surface area (Å²) in [6.07, 6.45) is 3.04. The Balaban J connectivity index is 2.56. The quantitative estimate of drug-likeness (QED) is 0.601. The van der Waals surface area contributed by atoms with Gasteiger partial charge in [-0.1, -0.05) is 12.1 Å². The van der Waals surface area contributed by atoms with E-state index in [-0.39, 0.29) is 18.4 Å². The summed E-state index contributed by atoms with van der Waals surface area (Å²) in [6, 6.07) is 7.17. The third-order valence-corrected chi connectivity index (χ3v) is 2.23. The molecule has 0 radical (unpaired) electrons. The van der Waals surface area contributed by atoms with E-state index in [2.05, 4.69) is 10.6 Å². The Labute approximate surface area is 112 Å². The maximum absolute atomic E-state index is 11.3. The number of amides is 1. The number of nitrogens with one attached hydrogen (secondary N) is 2. The van der Waals surface area contributed by atoms with Crippen LogP contribution in [-0.2, 0) is 14.3 Å². The van der Waals surface area contributed by atoms with Crippen LogP contribution in [0.3, 0.4) is 0 Å². The second-order valence-corrected chi connectivity index (χ2v) is 3.79. The van der Waals surface area contributed by atoms with Crippen LogP contribution in [0.1, 0.15) is 12.5 Å². The molecule has 0 aliphatic rings. The summed E-state index contributed by atoms with van der Waals surface area (Å²) in [4.78, 5) is 22.5. The van der Waals surface area contributed by atoms with Crippen LogP contribution in [0.25, 0.3) is 6.08 Å². The number of likely N-dealkylation sites (N-methyl/N-ethyl adjacent to an activating group) is 1. The van der Waals surface area contributed by atoms with Crippen LogP contribution < -0.4 is 10.6 Å². The van der Waals surface area contributed by atoms with Gasteiger partial charge in [0.2, 0.25) is 5.91 Å². The van der Waals surface area contributed by atoms with Gasteiger partial charge < -0.3 is 15.4 Å². The van der Waals surface area contributed by atoms with Crippen LogP contribution in [0.5, 0.6) is 0 Å². The monoisotopic (exact) mass is 262 g/mol. The summed E-state index contributed by atoms with van der Waals surface area (Å²) in [5.74, 6) is -0.466. The summed E-state index contributed by atoms with van der Waals surface area (Å²) >= 11 is 0. The van der Waals surface area contributed by atoms with E-state index < -0.39 is 0 Å². The first-order valence-corrected chi connectivity index (χ1v) is 6.05. The minimum atomic E-state index is -0.367. The lowest BCUT2D eigenvalue weighted by molar-refractivity contribution is -0.137. The second-order valence-electron chi connectivity index (χ2n) is 3.79. The van der Waals surface area contributed by atoms with Gasteiger partial charge in [-0.3, -0.25) is 4.79 Å². The average Bonchev–Trinajstić information content (AvgIpc) is 2.38. The number of ether oxygens (including phenoxy) is 1. The number of anilines is 1. The van der Waals surface area contributed by atoms with Crippen LogP contribution in [0.2, 0.25) is 0 Å². The number of rotatable bonds is 6. The van der Waals surface area contributed by atoms with Gasteiger partial charge in [0.15, 0.2) is 0 Å². The van der Waals surface area contributed by atoms with E-state index in [9.17, 15) is 9.59 Å². The molecular formula is C14H18N2O3. The van der Waals surface area contributed by atoms with Gasteiger partial charge in [0.05, 0.1) is 13.2 Å². The highest BCUT2D eigenvalue weighted by molar-refractivity contribution is 5.92. The van der Waals surface area contributed by atoms with E-state index in [1.807, 2.05) is 12.1 Å². The predicted octanol–water partition coefficient (Wildman–Crippen LogP) is 1.42. The number of carbonyl (C=O) groups is 2. The molecule has 0 aliphatic heterocycles. The number of benzene rings is 1. The van der Waals surface area contributed by atoms with Crippen LogP contribution >= 0.6 is 0 Å². The molecule has 19 heavy (non-hydrogen) atoms. The standard InChI is InChI=1S/C14H18N2O3/c1-3-19-14(18)9-6-11-4-7-12(8-5-11)16-13(17)10-15-2/h4-9,15H,3,10H2,1-2H3,(H,16,17).